The third kappa shape index (κ3) is 3.14. The molecule has 5 heteroatoms. The quantitative estimate of drug-likeness (QED) is 0.231. The van der Waals surface area contributed by atoms with Gasteiger partial charge in [0.25, 0.3) is 0 Å². The van der Waals surface area contributed by atoms with Crippen LogP contribution in [0.1, 0.15) is 0 Å². The number of carbonyl (C=O) groups is 2. The summed E-state index contributed by atoms with van der Waals surface area (Å²) in [4.78, 5) is 21.0. The molecule has 0 aliphatic rings. The van der Waals surface area contributed by atoms with Crippen LogP contribution >= 0.6 is 0 Å². The van der Waals surface area contributed by atoms with Crippen LogP contribution in [0.15, 0.2) is 12.7 Å². The Balaban J connectivity index is 3.97. The first kappa shape index (κ1) is 9.35. The summed E-state index contributed by atoms with van der Waals surface area (Å²) in [7, 11) is 1.08. The van der Waals surface area contributed by atoms with E-state index in [1.807, 2.05) is 5.32 Å². The van der Waals surface area contributed by atoms with Crippen molar-refractivity contribution in [2.45, 2.75) is 0 Å². The van der Waals surface area contributed by atoms with Gasteiger partial charge in [-0.1, -0.05) is 6.58 Å². The summed E-state index contributed by atoms with van der Waals surface area (Å²) in [6.07, 6.45) is 1.10. The van der Waals surface area contributed by atoms with Crippen LogP contribution in [0.25, 0.3) is 0 Å². The van der Waals surface area contributed by atoms with Crippen molar-refractivity contribution in [3.63, 3.8) is 0 Å². The van der Waals surface area contributed by atoms with Crippen molar-refractivity contribution in [1.29, 1.82) is 5.41 Å². The number of hydrogen-bond acceptors (Lipinski definition) is 4. The predicted octanol–water partition coefficient (Wildman–Crippen LogP) is -0.561. The Morgan fingerprint density at radius 2 is 2.18 bits per heavy atom. The maximum atomic E-state index is 10.6. The summed E-state index contributed by atoms with van der Waals surface area (Å²) in [5, 5.41) is 8.81. The zero-order chi connectivity index (χ0) is 8.85. The number of rotatable bonds is 1. The number of amidine groups is 1. The first-order valence-electron chi connectivity index (χ1n) is 2.72. The first-order chi connectivity index (χ1) is 5.11. The standard InChI is InChI=1S/C6H8N2O3/c1-3-4(7)8-5(9)6(10)11-2/h3H,1H2,2H3,(H2,7,8,9). The molecular formula is C6H8N2O3. The van der Waals surface area contributed by atoms with Gasteiger partial charge in [-0.25, -0.2) is 4.79 Å². The van der Waals surface area contributed by atoms with E-state index in [9.17, 15) is 9.59 Å². The second kappa shape index (κ2) is 4.21. The minimum atomic E-state index is -1.03. The van der Waals surface area contributed by atoms with Crippen molar-refractivity contribution in [2.75, 3.05) is 7.11 Å². The van der Waals surface area contributed by atoms with Crippen molar-refractivity contribution in [1.82, 2.24) is 5.32 Å². The molecule has 2 N–H and O–H groups in total. The topological polar surface area (TPSA) is 79.3 Å². The smallest absolute Gasteiger partial charge is 0.396 e. The molecule has 0 bridgehead atoms. The number of nitrogens with one attached hydrogen (secondary N) is 2. The Hall–Kier alpha value is -1.65. The summed E-state index contributed by atoms with van der Waals surface area (Å²) in [6, 6.07) is 0. The van der Waals surface area contributed by atoms with Crippen LogP contribution in [0, 0.1) is 5.41 Å². The molecule has 0 aliphatic heterocycles. The van der Waals surface area contributed by atoms with Gasteiger partial charge in [0.2, 0.25) is 0 Å². The van der Waals surface area contributed by atoms with Crippen molar-refractivity contribution < 1.29 is 14.3 Å². The highest BCUT2D eigenvalue weighted by Gasteiger charge is 2.13. The van der Waals surface area contributed by atoms with Gasteiger partial charge in [-0.05, 0) is 6.08 Å². The Labute approximate surface area is 63.5 Å². The van der Waals surface area contributed by atoms with Gasteiger partial charge in [0.1, 0.15) is 5.84 Å². The highest BCUT2D eigenvalue weighted by molar-refractivity contribution is 6.36. The van der Waals surface area contributed by atoms with E-state index in [-0.39, 0.29) is 5.84 Å². The molecule has 1 amide bonds. The Kier molecular flexibility index (Phi) is 3.58. The van der Waals surface area contributed by atoms with E-state index in [0.717, 1.165) is 13.2 Å². The lowest BCUT2D eigenvalue weighted by Gasteiger charge is -1.99. The molecule has 0 fully saturated rings. The summed E-state index contributed by atoms with van der Waals surface area (Å²) >= 11 is 0. The highest BCUT2D eigenvalue weighted by atomic mass is 16.5. The van der Waals surface area contributed by atoms with Gasteiger partial charge in [0, 0.05) is 0 Å². The Bertz CT molecular complexity index is 210. The van der Waals surface area contributed by atoms with Crippen LogP contribution in [-0.4, -0.2) is 24.8 Å². The molecule has 0 aromatic heterocycles. The SMILES string of the molecule is C=CC(=N)NC(=O)C(=O)OC. The zero-order valence-corrected chi connectivity index (χ0v) is 6.01. The Morgan fingerprint density at radius 3 is 2.55 bits per heavy atom. The molecule has 0 atom stereocenters. The second-order valence-electron chi connectivity index (χ2n) is 1.56. The van der Waals surface area contributed by atoms with Gasteiger partial charge in [-0.3, -0.25) is 10.2 Å². The number of carbonyl (C=O) groups excluding carboxylic acids is 2. The second-order valence-corrected chi connectivity index (χ2v) is 1.56. The number of esters is 1. The van der Waals surface area contributed by atoms with Crippen molar-refractivity contribution in [3.8, 4) is 0 Å². The lowest BCUT2D eigenvalue weighted by Crippen LogP contribution is -2.35. The van der Waals surface area contributed by atoms with E-state index in [4.69, 9.17) is 5.41 Å². The summed E-state index contributed by atoms with van der Waals surface area (Å²) in [5.74, 6) is -2.24. The molecule has 0 unspecified atom stereocenters. The zero-order valence-electron chi connectivity index (χ0n) is 6.01. The van der Waals surface area contributed by atoms with E-state index in [1.165, 1.54) is 0 Å². The third-order valence-electron chi connectivity index (χ3n) is 0.823. The van der Waals surface area contributed by atoms with Gasteiger partial charge in [-0.2, -0.15) is 0 Å². The van der Waals surface area contributed by atoms with E-state index in [0.29, 0.717) is 0 Å². The molecule has 0 aliphatic carbocycles. The van der Waals surface area contributed by atoms with E-state index >= 15 is 0 Å². The van der Waals surface area contributed by atoms with Crippen LogP contribution in [0.5, 0.6) is 0 Å². The lowest BCUT2D eigenvalue weighted by molar-refractivity contribution is -0.152. The summed E-state index contributed by atoms with van der Waals surface area (Å²) in [6.45, 7) is 3.21. The molecule has 0 heterocycles. The van der Waals surface area contributed by atoms with Crippen molar-refractivity contribution in [2.24, 2.45) is 0 Å². The van der Waals surface area contributed by atoms with Crippen LogP contribution in [-0.2, 0) is 14.3 Å². The van der Waals surface area contributed by atoms with Gasteiger partial charge in [-0.15, -0.1) is 0 Å². The molecule has 0 saturated carbocycles. The van der Waals surface area contributed by atoms with Crippen molar-refractivity contribution >= 4 is 17.7 Å². The number of methoxy groups -OCH3 is 1. The van der Waals surface area contributed by atoms with Gasteiger partial charge in [0.15, 0.2) is 0 Å². The largest absolute Gasteiger partial charge is 0.462 e. The predicted molar refractivity (Wildman–Crippen MR) is 38.1 cm³/mol. The van der Waals surface area contributed by atoms with E-state index in [2.05, 4.69) is 11.3 Å². The monoisotopic (exact) mass is 156 g/mol. The molecular weight excluding hydrogens is 148 g/mol. The maximum Gasteiger partial charge on any atom is 0.396 e. The first-order valence-corrected chi connectivity index (χ1v) is 2.72. The van der Waals surface area contributed by atoms with Gasteiger partial charge >= 0.3 is 11.9 Å². The molecule has 0 aromatic rings. The lowest BCUT2D eigenvalue weighted by atomic mass is 10.5. The van der Waals surface area contributed by atoms with E-state index in [1.54, 1.807) is 0 Å². The fraction of sp³-hybridized carbons (Fsp3) is 0.167. The minimum absolute atomic E-state index is 0.236. The van der Waals surface area contributed by atoms with Crippen LogP contribution in [0.3, 0.4) is 0 Å². The number of ether oxygens (including phenoxy) is 1. The Morgan fingerprint density at radius 1 is 1.64 bits per heavy atom. The van der Waals surface area contributed by atoms with Gasteiger partial charge in [0.05, 0.1) is 7.11 Å². The van der Waals surface area contributed by atoms with Crippen LogP contribution < -0.4 is 5.32 Å². The summed E-state index contributed by atoms with van der Waals surface area (Å²) in [5.41, 5.74) is 0. The average Bonchev–Trinajstić information content (AvgIpc) is 2.02. The normalized spacial score (nSPS) is 8.09. The third-order valence-corrected chi connectivity index (χ3v) is 0.823. The molecule has 11 heavy (non-hydrogen) atoms. The molecule has 0 aromatic carbocycles. The summed E-state index contributed by atoms with van der Waals surface area (Å²) < 4.78 is 4.08. The maximum absolute atomic E-state index is 10.6. The molecule has 0 spiro atoms. The number of amides is 1. The molecule has 0 rings (SSSR count). The van der Waals surface area contributed by atoms with Crippen LogP contribution in [0.4, 0.5) is 0 Å². The van der Waals surface area contributed by atoms with Gasteiger partial charge < -0.3 is 10.1 Å². The number of hydrogen-bond donors (Lipinski definition) is 2. The fourth-order valence-corrected chi connectivity index (χ4v) is 0.317. The fourth-order valence-electron chi connectivity index (χ4n) is 0.317. The highest BCUT2D eigenvalue weighted by Crippen LogP contribution is 1.74. The minimum Gasteiger partial charge on any atom is -0.462 e. The average molecular weight is 156 g/mol. The van der Waals surface area contributed by atoms with E-state index < -0.39 is 11.9 Å². The molecule has 60 valence electrons. The molecule has 0 saturated heterocycles. The molecule has 5 nitrogen and oxygen atoms in total. The van der Waals surface area contributed by atoms with Crippen molar-refractivity contribution in [3.05, 3.63) is 12.7 Å². The van der Waals surface area contributed by atoms with Crippen LogP contribution in [0.2, 0.25) is 0 Å². The molecule has 0 radical (unpaired) electrons.